The van der Waals surface area contributed by atoms with Gasteiger partial charge < -0.3 is 10.1 Å². The number of benzene rings is 3. The summed E-state index contributed by atoms with van der Waals surface area (Å²) in [5.41, 5.74) is 1.88. The number of hydrogen-bond acceptors (Lipinski definition) is 4. The molecule has 5 heteroatoms. The van der Waals surface area contributed by atoms with Crippen LogP contribution in [0.15, 0.2) is 84.9 Å². The number of carbonyl (C=O) groups excluding carboxylic acids is 3. The molecule has 0 aliphatic rings. The van der Waals surface area contributed by atoms with E-state index in [4.69, 9.17) is 4.74 Å². The molecule has 0 aliphatic heterocycles. The first-order chi connectivity index (χ1) is 13.5. The lowest BCUT2D eigenvalue weighted by atomic mass is 10.1. The van der Waals surface area contributed by atoms with Crippen LogP contribution in [0.3, 0.4) is 0 Å². The zero-order chi connectivity index (χ0) is 19.9. The van der Waals surface area contributed by atoms with Gasteiger partial charge in [-0.1, -0.05) is 48.5 Å². The van der Waals surface area contributed by atoms with E-state index in [0.717, 1.165) is 0 Å². The molecule has 0 saturated heterocycles. The van der Waals surface area contributed by atoms with Crippen molar-refractivity contribution in [3.8, 4) is 0 Å². The minimum atomic E-state index is -0.896. The Kier molecular flexibility index (Phi) is 5.97. The van der Waals surface area contributed by atoms with Gasteiger partial charge in [-0.05, 0) is 43.3 Å². The zero-order valence-electron chi connectivity index (χ0n) is 15.3. The van der Waals surface area contributed by atoms with Gasteiger partial charge >= 0.3 is 5.97 Å². The minimum Gasteiger partial charge on any atom is -0.451 e. The van der Waals surface area contributed by atoms with Crippen molar-refractivity contribution < 1.29 is 19.1 Å². The smallest absolute Gasteiger partial charge is 0.338 e. The SMILES string of the molecule is C[C@@H](OC(=O)c1ccc(NC(=O)c2ccccc2)cc1)C(=O)c1ccccc1. The van der Waals surface area contributed by atoms with E-state index in [-0.39, 0.29) is 11.7 Å². The number of carbonyl (C=O) groups is 3. The Morgan fingerprint density at radius 3 is 1.82 bits per heavy atom. The molecular weight excluding hydrogens is 354 g/mol. The molecule has 0 fully saturated rings. The average Bonchev–Trinajstić information content (AvgIpc) is 2.74. The largest absolute Gasteiger partial charge is 0.451 e. The van der Waals surface area contributed by atoms with Crippen molar-refractivity contribution in [1.29, 1.82) is 0 Å². The lowest BCUT2D eigenvalue weighted by molar-refractivity contribution is 0.0319. The lowest BCUT2D eigenvalue weighted by Gasteiger charge is -2.12. The van der Waals surface area contributed by atoms with Gasteiger partial charge in [0.05, 0.1) is 5.56 Å². The van der Waals surface area contributed by atoms with Crippen molar-refractivity contribution in [2.75, 3.05) is 5.32 Å². The Hall–Kier alpha value is -3.73. The molecule has 0 aliphatic carbocycles. The third-order valence-corrected chi connectivity index (χ3v) is 4.13. The highest BCUT2D eigenvalue weighted by atomic mass is 16.5. The van der Waals surface area contributed by atoms with Crippen LogP contribution >= 0.6 is 0 Å². The van der Waals surface area contributed by atoms with E-state index < -0.39 is 12.1 Å². The molecule has 0 spiro atoms. The maximum Gasteiger partial charge on any atom is 0.338 e. The first kappa shape index (κ1) is 19.0. The van der Waals surface area contributed by atoms with Crippen LogP contribution in [-0.4, -0.2) is 23.8 Å². The number of ketones is 1. The molecule has 0 radical (unpaired) electrons. The van der Waals surface area contributed by atoms with E-state index >= 15 is 0 Å². The predicted molar refractivity (Wildman–Crippen MR) is 106 cm³/mol. The summed E-state index contributed by atoms with van der Waals surface area (Å²) in [6.07, 6.45) is -0.896. The van der Waals surface area contributed by atoms with Crippen molar-refractivity contribution >= 4 is 23.3 Å². The van der Waals surface area contributed by atoms with Gasteiger partial charge in [-0.2, -0.15) is 0 Å². The number of nitrogens with one attached hydrogen (secondary N) is 1. The Labute approximate surface area is 163 Å². The molecule has 0 bridgehead atoms. The summed E-state index contributed by atoms with van der Waals surface area (Å²) in [5.74, 6) is -1.10. The highest BCUT2D eigenvalue weighted by molar-refractivity contribution is 6.04. The molecule has 140 valence electrons. The summed E-state index contributed by atoms with van der Waals surface area (Å²) in [6.45, 7) is 1.54. The topological polar surface area (TPSA) is 72.5 Å². The van der Waals surface area contributed by atoms with Crippen LogP contribution in [0.1, 0.15) is 38.0 Å². The Balaban J connectivity index is 1.60. The fraction of sp³-hybridized carbons (Fsp3) is 0.0870. The second-order valence-corrected chi connectivity index (χ2v) is 6.18. The number of esters is 1. The summed E-state index contributed by atoms with van der Waals surface area (Å²) in [6, 6.07) is 23.8. The van der Waals surface area contributed by atoms with E-state index in [1.807, 2.05) is 12.1 Å². The highest BCUT2D eigenvalue weighted by Crippen LogP contribution is 2.14. The number of amides is 1. The van der Waals surface area contributed by atoms with Gasteiger partial charge in [-0.15, -0.1) is 0 Å². The van der Waals surface area contributed by atoms with Crippen LogP contribution in [0.2, 0.25) is 0 Å². The third-order valence-electron chi connectivity index (χ3n) is 4.13. The summed E-state index contributed by atoms with van der Waals surface area (Å²) in [5, 5.41) is 2.76. The minimum absolute atomic E-state index is 0.238. The van der Waals surface area contributed by atoms with E-state index in [9.17, 15) is 14.4 Å². The Morgan fingerprint density at radius 2 is 1.25 bits per heavy atom. The molecule has 0 unspecified atom stereocenters. The Bertz CT molecular complexity index is 967. The lowest BCUT2D eigenvalue weighted by Crippen LogP contribution is -2.24. The Morgan fingerprint density at radius 1 is 0.714 bits per heavy atom. The molecule has 3 aromatic carbocycles. The fourth-order valence-corrected chi connectivity index (χ4v) is 2.60. The van der Waals surface area contributed by atoms with Crippen LogP contribution < -0.4 is 5.32 Å². The second-order valence-electron chi connectivity index (χ2n) is 6.18. The van der Waals surface area contributed by atoms with Gasteiger partial charge in [0, 0.05) is 16.8 Å². The predicted octanol–water partition coefficient (Wildman–Crippen LogP) is 4.37. The fourth-order valence-electron chi connectivity index (χ4n) is 2.60. The van der Waals surface area contributed by atoms with E-state index in [1.165, 1.54) is 0 Å². The molecule has 3 aromatic rings. The van der Waals surface area contributed by atoms with Crippen molar-refractivity contribution in [2.45, 2.75) is 13.0 Å². The van der Waals surface area contributed by atoms with Crippen molar-refractivity contribution in [2.24, 2.45) is 0 Å². The molecule has 28 heavy (non-hydrogen) atoms. The van der Waals surface area contributed by atoms with Crippen LogP contribution in [0.25, 0.3) is 0 Å². The summed E-state index contributed by atoms with van der Waals surface area (Å²) in [4.78, 5) is 36.7. The summed E-state index contributed by atoms with van der Waals surface area (Å²) >= 11 is 0. The maximum atomic E-state index is 12.3. The molecule has 3 rings (SSSR count). The molecule has 5 nitrogen and oxygen atoms in total. The van der Waals surface area contributed by atoms with Crippen molar-refractivity contribution in [3.05, 3.63) is 102 Å². The number of Topliss-reactive ketones (excluding diaryl/α,β-unsaturated/α-hetero) is 1. The number of rotatable bonds is 6. The van der Waals surface area contributed by atoms with Gasteiger partial charge in [0.25, 0.3) is 5.91 Å². The van der Waals surface area contributed by atoms with Crippen LogP contribution in [-0.2, 0) is 4.74 Å². The molecule has 0 aromatic heterocycles. The van der Waals surface area contributed by atoms with Gasteiger partial charge in [-0.3, -0.25) is 9.59 Å². The molecule has 0 heterocycles. The van der Waals surface area contributed by atoms with Gasteiger partial charge in [0.1, 0.15) is 0 Å². The number of hydrogen-bond donors (Lipinski definition) is 1. The van der Waals surface area contributed by atoms with Crippen LogP contribution in [0, 0.1) is 0 Å². The monoisotopic (exact) mass is 373 g/mol. The number of anilines is 1. The van der Waals surface area contributed by atoms with Gasteiger partial charge in [-0.25, -0.2) is 4.79 Å². The first-order valence-electron chi connectivity index (χ1n) is 8.81. The van der Waals surface area contributed by atoms with Crippen LogP contribution in [0.4, 0.5) is 5.69 Å². The van der Waals surface area contributed by atoms with E-state index in [0.29, 0.717) is 22.4 Å². The average molecular weight is 373 g/mol. The molecule has 1 amide bonds. The van der Waals surface area contributed by atoms with Crippen molar-refractivity contribution in [3.63, 3.8) is 0 Å². The van der Waals surface area contributed by atoms with E-state index in [2.05, 4.69) is 5.32 Å². The normalized spacial score (nSPS) is 11.3. The quantitative estimate of drug-likeness (QED) is 0.514. The highest BCUT2D eigenvalue weighted by Gasteiger charge is 2.20. The zero-order valence-corrected chi connectivity index (χ0v) is 15.3. The first-order valence-corrected chi connectivity index (χ1v) is 8.81. The van der Waals surface area contributed by atoms with E-state index in [1.54, 1.807) is 79.7 Å². The molecule has 0 saturated carbocycles. The molecular formula is C23H19NO4. The second kappa shape index (κ2) is 8.77. The van der Waals surface area contributed by atoms with Gasteiger partial charge in [0.15, 0.2) is 6.10 Å². The van der Waals surface area contributed by atoms with Crippen molar-refractivity contribution in [1.82, 2.24) is 0 Å². The molecule has 1 atom stereocenters. The van der Waals surface area contributed by atoms with Crippen LogP contribution in [0.5, 0.6) is 0 Å². The third kappa shape index (κ3) is 4.71. The number of ether oxygens (including phenoxy) is 1. The molecule has 1 N–H and O–H groups in total. The maximum absolute atomic E-state index is 12.3. The standard InChI is InChI=1S/C23H19NO4/c1-16(21(25)17-8-4-2-5-9-17)28-23(27)19-12-14-20(15-13-19)24-22(26)18-10-6-3-7-11-18/h2-16H,1H3,(H,24,26)/t16-/m1/s1. The summed E-state index contributed by atoms with van der Waals surface area (Å²) in [7, 11) is 0. The van der Waals surface area contributed by atoms with Gasteiger partial charge in [0.2, 0.25) is 5.78 Å². The summed E-state index contributed by atoms with van der Waals surface area (Å²) < 4.78 is 5.27.